The number of fused-ring (bicyclic) bond motifs is 1. The number of rotatable bonds is 19. The van der Waals surface area contributed by atoms with E-state index in [4.69, 9.17) is 9.47 Å². The van der Waals surface area contributed by atoms with Gasteiger partial charge in [0.2, 0.25) is 29.5 Å². The normalized spacial score (nSPS) is 27.8. The number of alkyl halides is 3. The average molecular weight is 1030 g/mol. The Labute approximate surface area is 432 Å². The van der Waals surface area contributed by atoms with E-state index in [-0.39, 0.29) is 101 Å². The zero-order valence-corrected chi connectivity index (χ0v) is 43.3. The van der Waals surface area contributed by atoms with Crippen molar-refractivity contribution in [3.8, 4) is 0 Å². The van der Waals surface area contributed by atoms with Crippen molar-refractivity contribution < 1.29 is 46.6 Å². The molecule has 3 aromatic rings. The maximum absolute atomic E-state index is 14.1. The van der Waals surface area contributed by atoms with E-state index in [9.17, 15) is 37.1 Å². The minimum Gasteiger partial charge on any atom is -0.378 e. The molecule has 74 heavy (non-hydrogen) atoms. The smallest absolute Gasteiger partial charge is 0.378 e. The topological polar surface area (TPSA) is 209 Å². The fourth-order valence-electron chi connectivity index (χ4n) is 11.9. The van der Waals surface area contributed by atoms with Crippen molar-refractivity contribution in [3.63, 3.8) is 0 Å². The maximum Gasteiger partial charge on any atom is 0.416 e. The van der Waals surface area contributed by atoms with Crippen molar-refractivity contribution in [2.75, 3.05) is 38.2 Å². The molecule has 5 aliphatic rings. The molecule has 5 fully saturated rings. The standard InChI is InChI=1S/C54H75F3N10O7/c1-5-66-47(69)30-41(48(66)34-8-6-23-58-31-34)51(71)59-24-27-74-39-18-16-38(17-19-39)73-26-7-9-46(68)62-36-13-10-33(11-14-36)50(70)64-44-29-37(65-53(2,3)4)15-21-45(44)67-25-22-43(52(67)72)63-49-40-28-35(54(55,56)57)12-20-42(40)60-32-61-49/h6,8,12,20,23,28,31-33,36-39,41,43-45,48,65H,5,7,9-11,13-19,21-22,24-27,29-30H2,1-4H3,(H,59,71)(H,62,68)(H,64,70)(H,60,61,63)/t33?,36?,37-,38?,39?,41+,43+,44-,45+,48-/m1/s1. The second kappa shape index (κ2) is 24.5. The summed E-state index contributed by atoms with van der Waals surface area (Å²) in [5.74, 6) is -0.963. The number of hydrogen-bond acceptors (Lipinski definition) is 12. The molecule has 3 saturated carbocycles. The van der Waals surface area contributed by atoms with E-state index in [0.29, 0.717) is 96.2 Å². The van der Waals surface area contributed by atoms with E-state index >= 15 is 0 Å². The third kappa shape index (κ3) is 14.1. The molecule has 0 unspecified atom stereocenters. The summed E-state index contributed by atoms with van der Waals surface area (Å²) in [4.78, 5) is 83.1. The van der Waals surface area contributed by atoms with Crippen LogP contribution in [0.5, 0.6) is 0 Å². The first-order chi connectivity index (χ1) is 35.4. The molecule has 4 heterocycles. The largest absolute Gasteiger partial charge is 0.416 e. The lowest BCUT2D eigenvalue weighted by Gasteiger charge is -2.43. The molecule has 5 amide bonds. The number of carbonyl (C=O) groups is 5. The molecular formula is C54H75F3N10O7. The number of anilines is 1. The zero-order chi connectivity index (χ0) is 52.6. The molecule has 0 spiro atoms. The van der Waals surface area contributed by atoms with Crippen molar-refractivity contribution in [3.05, 3.63) is 60.2 Å². The lowest BCUT2D eigenvalue weighted by molar-refractivity contribution is -0.137. The number of pyridine rings is 1. The summed E-state index contributed by atoms with van der Waals surface area (Å²) in [5.41, 5.74) is 0.214. The van der Waals surface area contributed by atoms with Crippen molar-refractivity contribution in [2.45, 2.75) is 184 Å². The highest BCUT2D eigenvalue weighted by Crippen LogP contribution is 2.38. The van der Waals surface area contributed by atoms with E-state index in [1.54, 1.807) is 17.3 Å². The number of amides is 5. The van der Waals surface area contributed by atoms with Gasteiger partial charge in [0.15, 0.2) is 0 Å². The van der Waals surface area contributed by atoms with Crippen LogP contribution in [0, 0.1) is 11.8 Å². The van der Waals surface area contributed by atoms with Gasteiger partial charge in [-0.25, -0.2) is 9.97 Å². The molecule has 2 aliphatic heterocycles. The van der Waals surface area contributed by atoms with Crippen LogP contribution in [0.3, 0.4) is 0 Å². The van der Waals surface area contributed by atoms with Gasteiger partial charge in [-0.05, 0) is 141 Å². The molecule has 1 aromatic carbocycles. The number of nitrogens with zero attached hydrogens (tertiary/aromatic N) is 5. The van der Waals surface area contributed by atoms with Crippen LogP contribution < -0.4 is 26.6 Å². The Hall–Kier alpha value is -5.47. The molecule has 404 valence electrons. The van der Waals surface area contributed by atoms with Gasteiger partial charge in [0.1, 0.15) is 18.2 Å². The number of hydrogen-bond donors (Lipinski definition) is 5. The van der Waals surface area contributed by atoms with E-state index in [2.05, 4.69) is 62.3 Å². The summed E-state index contributed by atoms with van der Waals surface area (Å²) in [5, 5.41) is 16.5. The first-order valence-corrected chi connectivity index (χ1v) is 26.9. The Morgan fingerprint density at radius 1 is 0.838 bits per heavy atom. The maximum atomic E-state index is 14.1. The van der Waals surface area contributed by atoms with Crippen LogP contribution >= 0.6 is 0 Å². The predicted octanol–water partition coefficient (Wildman–Crippen LogP) is 6.38. The molecule has 3 aliphatic carbocycles. The number of benzene rings is 1. The zero-order valence-electron chi connectivity index (χ0n) is 43.3. The number of halogens is 3. The van der Waals surface area contributed by atoms with Gasteiger partial charge < -0.3 is 45.9 Å². The van der Waals surface area contributed by atoms with E-state index in [1.165, 1.54) is 12.4 Å². The number of aromatic nitrogens is 3. The van der Waals surface area contributed by atoms with Gasteiger partial charge >= 0.3 is 6.18 Å². The van der Waals surface area contributed by atoms with Gasteiger partial charge in [-0.2, -0.15) is 13.2 Å². The summed E-state index contributed by atoms with van der Waals surface area (Å²) < 4.78 is 53.1. The minimum atomic E-state index is -4.55. The highest BCUT2D eigenvalue weighted by molar-refractivity contribution is 5.93. The highest BCUT2D eigenvalue weighted by Gasteiger charge is 2.45. The van der Waals surface area contributed by atoms with Crippen LogP contribution in [0.2, 0.25) is 0 Å². The van der Waals surface area contributed by atoms with Crippen molar-refractivity contribution in [1.82, 2.24) is 46.0 Å². The van der Waals surface area contributed by atoms with Crippen LogP contribution in [0.15, 0.2) is 49.1 Å². The molecule has 17 nitrogen and oxygen atoms in total. The second-order valence-corrected chi connectivity index (χ2v) is 21.9. The molecule has 5 N–H and O–H groups in total. The molecule has 2 saturated heterocycles. The molecule has 0 bridgehead atoms. The number of carbonyl (C=O) groups excluding carboxylic acids is 5. The second-order valence-electron chi connectivity index (χ2n) is 21.9. The summed E-state index contributed by atoms with van der Waals surface area (Å²) in [6.45, 7) is 10.4. The van der Waals surface area contributed by atoms with E-state index < -0.39 is 23.7 Å². The predicted molar refractivity (Wildman–Crippen MR) is 271 cm³/mol. The van der Waals surface area contributed by atoms with Crippen LogP contribution in [-0.4, -0.2) is 135 Å². The summed E-state index contributed by atoms with van der Waals surface area (Å²) >= 11 is 0. The molecule has 20 heteroatoms. The fraction of sp³-hybridized carbons (Fsp3) is 0.667. The van der Waals surface area contributed by atoms with Gasteiger partial charge in [0.05, 0.1) is 53.9 Å². The van der Waals surface area contributed by atoms with E-state index in [1.807, 2.05) is 24.0 Å². The van der Waals surface area contributed by atoms with Gasteiger partial charge in [-0.15, -0.1) is 0 Å². The first-order valence-electron chi connectivity index (χ1n) is 26.9. The van der Waals surface area contributed by atoms with Crippen molar-refractivity contribution >= 4 is 46.3 Å². The Balaban J connectivity index is 0.722. The highest BCUT2D eigenvalue weighted by atomic mass is 19.4. The van der Waals surface area contributed by atoms with Crippen LogP contribution in [0.4, 0.5) is 19.0 Å². The molecule has 2 aromatic heterocycles. The van der Waals surface area contributed by atoms with Gasteiger partial charge in [0, 0.05) is 80.4 Å². The Bertz CT molecular complexity index is 2410. The van der Waals surface area contributed by atoms with Crippen molar-refractivity contribution in [2.24, 2.45) is 11.8 Å². The van der Waals surface area contributed by atoms with E-state index in [0.717, 1.165) is 49.8 Å². The number of nitrogens with one attached hydrogen (secondary N) is 5. The van der Waals surface area contributed by atoms with Gasteiger partial charge in [-0.1, -0.05) is 6.07 Å². The van der Waals surface area contributed by atoms with Crippen LogP contribution in [0.1, 0.15) is 141 Å². The Kier molecular flexibility index (Phi) is 18.1. The monoisotopic (exact) mass is 1030 g/mol. The number of likely N-dealkylation sites (tertiary alicyclic amines) is 2. The average Bonchev–Trinajstić information content (AvgIpc) is 3.91. The summed E-state index contributed by atoms with van der Waals surface area (Å²) in [6, 6.07) is 5.53. The molecule has 0 radical (unpaired) electrons. The lowest BCUT2D eigenvalue weighted by atomic mass is 9.82. The molecule has 6 atom stereocenters. The van der Waals surface area contributed by atoms with Crippen LogP contribution in [-0.2, 0) is 39.6 Å². The third-order valence-electron chi connectivity index (χ3n) is 15.6. The Morgan fingerprint density at radius 3 is 2.26 bits per heavy atom. The molecular weight excluding hydrogens is 958 g/mol. The summed E-state index contributed by atoms with van der Waals surface area (Å²) in [7, 11) is 0. The number of ether oxygens (including phenoxy) is 2. The quantitative estimate of drug-likeness (QED) is 0.0830. The van der Waals surface area contributed by atoms with Crippen LogP contribution in [0.25, 0.3) is 10.9 Å². The minimum absolute atomic E-state index is 0.0142. The molecule has 8 rings (SSSR count). The first kappa shape index (κ1) is 54.8. The lowest BCUT2D eigenvalue weighted by Crippen LogP contribution is -2.60. The van der Waals surface area contributed by atoms with Gasteiger partial charge in [-0.3, -0.25) is 29.0 Å². The SMILES string of the molecule is CCN1C(=O)C[C@H](C(=O)NCCOC2CCC(OCCCC(=O)NC3CCC(C(=O)N[C@@H]4C[C@H](NC(C)(C)C)CC[C@@H]4N4CC[C@H](Nc5ncnc6ccc(C(F)(F)F)cc56)C4=O)CC3)CC2)[C@H]1c1cccnc1. The Morgan fingerprint density at radius 2 is 1.57 bits per heavy atom. The fourth-order valence-corrected chi connectivity index (χ4v) is 11.9. The third-order valence-corrected chi connectivity index (χ3v) is 15.6. The summed E-state index contributed by atoms with van der Waals surface area (Å²) in [6.07, 6.45) is 10.1. The van der Waals surface area contributed by atoms with Crippen molar-refractivity contribution in [1.29, 1.82) is 0 Å². The van der Waals surface area contributed by atoms with Gasteiger partial charge in [0.25, 0.3) is 0 Å².